The minimum absolute atomic E-state index is 0.195. The minimum atomic E-state index is 0.195. The second-order valence-electron chi connectivity index (χ2n) is 6.91. The Kier molecular flexibility index (Phi) is 5.50. The van der Waals surface area contributed by atoms with Crippen LogP contribution < -0.4 is 4.90 Å². The van der Waals surface area contributed by atoms with Gasteiger partial charge in [-0.25, -0.2) is 0 Å². The molecule has 3 aromatic rings. The van der Waals surface area contributed by atoms with Crippen LogP contribution in [-0.4, -0.2) is 63.9 Å². The van der Waals surface area contributed by atoms with E-state index in [1.165, 1.54) is 11.8 Å². The van der Waals surface area contributed by atoms with E-state index in [0.717, 1.165) is 50.2 Å². The first-order chi connectivity index (χ1) is 14.4. The molecule has 10 nitrogen and oxygen atoms in total. The first kappa shape index (κ1) is 18.6. The summed E-state index contributed by atoms with van der Waals surface area (Å²) in [5.74, 6) is 2.92. The Balaban J connectivity index is 1.32. The zero-order valence-corrected chi connectivity index (χ0v) is 16.7. The van der Waals surface area contributed by atoms with Gasteiger partial charge in [-0.3, -0.25) is 4.57 Å². The normalized spacial score (nSPS) is 19.9. The number of rotatable bonds is 7. The molecule has 0 aromatic carbocycles. The highest BCUT2D eigenvalue weighted by molar-refractivity contribution is 7.98. The molecule has 0 aliphatic carbocycles. The third-order valence-corrected chi connectivity index (χ3v) is 5.89. The van der Waals surface area contributed by atoms with Gasteiger partial charge in [-0.15, -0.1) is 10.2 Å². The summed E-state index contributed by atoms with van der Waals surface area (Å²) in [6.07, 6.45) is 3.93. The van der Waals surface area contributed by atoms with Gasteiger partial charge in [0.1, 0.15) is 0 Å². The van der Waals surface area contributed by atoms with Crippen LogP contribution in [0.4, 0.5) is 5.95 Å². The molecule has 0 N–H and O–H groups in total. The molecule has 3 aromatic heterocycles. The maximum Gasteiger partial charge on any atom is 0.293 e. The topological polar surface area (TPSA) is 104 Å². The summed E-state index contributed by atoms with van der Waals surface area (Å²) in [6.45, 7) is 4.59. The summed E-state index contributed by atoms with van der Waals surface area (Å²) < 4.78 is 24.1. The predicted octanol–water partition coefficient (Wildman–Crippen LogP) is 2.23. The summed E-state index contributed by atoms with van der Waals surface area (Å²) in [6, 6.07) is 3.58. The van der Waals surface area contributed by atoms with Gasteiger partial charge in [0.25, 0.3) is 5.89 Å². The van der Waals surface area contributed by atoms with Gasteiger partial charge in [-0.1, -0.05) is 16.9 Å². The minimum Gasteiger partial charge on any atom is -0.459 e. The van der Waals surface area contributed by atoms with Crippen molar-refractivity contribution in [3.05, 3.63) is 24.2 Å². The van der Waals surface area contributed by atoms with Gasteiger partial charge in [-0.05, 0) is 25.0 Å². The van der Waals surface area contributed by atoms with Crippen molar-refractivity contribution in [3.8, 4) is 11.7 Å². The smallest absolute Gasteiger partial charge is 0.293 e. The van der Waals surface area contributed by atoms with E-state index in [1.807, 2.05) is 0 Å². The molecule has 0 radical (unpaired) electrons. The number of ether oxygens (including phenoxy) is 2. The number of hydrogen-bond acceptors (Lipinski definition) is 10. The summed E-state index contributed by atoms with van der Waals surface area (Å²) in [7, 11) is 0. The summed E-state index contributed by atoms with van der Waals surface area (Å²) >= 11 is 1.54. The Morgan fingerprint density at radius 3 is 2.90 bits per heavy atom. The lowest BCUT2D eigenvalue weighted by molar-refractivity contribution is 0.0942. The van der Waals surface area contributed by atoms with Crippen LogP contribution in [0.5, 0.6) is 0 Å². The highest BCUT2D eigenvalue weighted by Gasteiger charge is 2.25. The van der Waals surface area contributed by atoms with E-state index in [9.17, 15) is 0 Å². The van der Waals surface area contributed by atoms with E-state index in [-0.39, 0.29) is 6.10 Å². The lowest BCUT2D eigenvalue weighted by atomic mass is 10.2. The largest absolute Gasteiger partial charge is 0.459 e. The van der Waals surface area contributed by atoms with E-state index in [0.29, 0.717) is 36.4 Å². The Bertz CT molecular complexity index is 915. The third-order valence-electron chi connectivity index (χ3n) is 4.93. The number of aromatic nitrogens is 5. The van der Waals surface area contributed by atoms with E-state index in [4.69, 9.17) is 18.4 Å². The van der Waals surface area contributed by atoms with Crippen molar-refractivity contribution < 1.29 is 18.4 Å². The highest BCUT2D eigenvalue weighted by atomic mass is 32.2. The van der Waals surface area contributed by atoms with Crippen LogP contribution in [0.25, 0.3) is 11.7 Å². The molecule has 0 saturated carbocycles. The third kappa shape index (κ3) is 4.16. The first-order valence-corrected chi connectivity index (χ1v) is 10.7. The molecule has 2 saturated heterocycles. The van der Waals surface area contributed by atoms with E-state index < -0.39 is 0 Å². The van der Waals surface area contributed by atoms with Crippen molar-refractivity contribution in [3.63, 3.8) is 0 Å². The predicted molar refractivity (Wildman–Crippen MR) is 104 cm³/mol. The molecule has 1 atom stereocenters. The van der Waals surface area contributed by atoms with Crippen molar-refractivity contribution in [1.29, 1.82) is 0 Å². The molecule has 29 heavy (non-hydrogen) atoms. The van der Waals surface area contributed by atoms with Gasteiger partial charge >= 0.3 is 0 Å². The standard InChI is InChI=1S/C18H22N6O4S/c1-3-13(26-7-1)11-24-17(23-5-9-25-10-6-23)20-21-18(24)29-12-15-19-16(28-22-15)14-4-2-8-27-14/h2,4,8,13H,1,3,5-7,9-12H2/t13-/m0/s1. The second kappa shape index (κ2) is 8.56. The van der Waals surface area contributed by atoms with Crippen molar-refractivity contribution >= 4 is 17.7 Å². The van der Waals surface area contributed by atoms with Gasteiger partial charge < -0.3 is 23.3 Å². The van der Waals surface area contributed by atoms with Gasteiger partial charge in [-0.2, -0.15) is 4.98 Å². The van der Waals surface area contributed by atoms with Crippen LogP contribution in [0.2, 0.25) is 0 Å². The van der Waals surface area contributed by atoms with Crippen LogP contribution in [0.3, 0.4) is 0 Å². The van der Waals surface area contributed by atoms with Crippen LogP contribution in [0, 0.1) is 0 Å². The zero-order chi connectivity index (χ0) is 19.5. The average Bonchev–Trinajstić information content (AvgIpc) is 3.55. The summed E-state index contributed by atoms with van der Waals surface area (Å²) in [5, 5.41) is 13.8. The molecule has 2 fully saturated rings. The molecule has 0 bridgehead atoms. The fraction of sp³-hybridized carbons (Fsp3) is 0.556. The SMILES string of the molecule is c1coc(-c2nc(CSc3nnc(N4CCOCC4)n3C[C@@H]3CCCO3)no2)c1. The van der Waals surface area contributed by atoms with Gasteiger partial charge in [0, 0.05) is 19.7 Å². The highest BCUT2D eigenvalue weighted by Crippen LogP contribution is 2.28. The van der Waals surface area contributed by atoms with Crippen LogP contribution in [-0.2, 0) is 21.8 Å². The van der Waals surface area contributed by atoms with Crippen molar-refractivity contribution in [2.24, 2.45) is 0 Å². The number of thioether (sulfide) groups is 1. The van der Waals surface area contributed by atoms with Gasteiger partial charge in [0.2, 0.25) is 5.95 Å². The molecule has 154 valence electrons. The Morgan fingerprint density at radius 2 is 2.10 bits per heavy atom. The molecule has 0 spiro atoms. The number of nitrogens with zero attached hydrogens (tertiary/aromatic N) is 6. The van der Waals surface area contributed by atoms with Crippen molar-refractivity contribution in [2.45, 2.75) is 36.4 Å². The molecule has 2 aliphatic heterocycles. The van der Waals surface area contributed by atoms with E-state index in [2.05, 4.69) is 29.8 Å². The molecular formula is C18H22N6O4S. The monoisotopic (exact) mass is 418 g/mol. The van der Waals surface area contributed by atoms with Gasteiger partial charge in [0.15, 0.2) is 16.7 Å². The fourth-order valence-corrected chi connectivity index (χ4v) is 4.26. The summed E-state index contributed by atoms with van der Waals surface area (Å²) in [4.78, 5) is 6.62. The summed E-state index contributed by atoms with van der Waals surface area (Å²) in [5.41, 5.74) is 0. The number of hydrogen-bond donors (Lipinski definition) is 0. The van der Waals surface area contributed by atoms with E-state index in [1.54, 1.807) is 18.4 Å². The van der Waals surface area contributed by atoms with Crippen LogP contribution in [0.1, 0.15) is 18.7 Å². The van der Waals surface area contributed by atoms with Crippen LogP contribution >= 0.6 is 11.8 Å². The molecule has 2 aliphatic rings. The molecule has 0 amide bonds. The Hall–Kier alpha value is -2.37. The number of furan rings is 1. The first-order valence-electron chi connectivity index (χ1n) is 9.73. The molecule has 11 heteroatoms. The lowest BCUT2D eigenvalue weighted by Crippen LogP contribution is -2.38. The molecular weight excluding hydrogens is 396 g/mol. The molecule has 5 heterocycles. The Morgan fingerprint density at radius 1 is 1.17 bits per heavy atom. The maximum absolute atomic E-state index is 5.85. The second-order valence-corrected chi connectivity index (χ2v) is 7.85. The number of anilines is 1. The molecule has 0 unspecified atom stereocenters. The molecule has 5 rings (SSSR count). The average molecular weight is 418 g/mol. The maximum atomic E-state index is 5.85. The van der Waals surface area contributed by atoms with Crippen molar-refractivity contribution in [2.75, 3.05) is 37.8 Å². The zero-order valence-electron chi connectivity index (χ0n) is 15.9. The fourth-order valence-electron chi connectivity index (χ4n) is 3.48. The van der Waals surface area contributed by atoms with Crippen molar-refractivity contribution in [1.82, 2.24) is 24.9 Å². The van der Waals surface area contributed by atoms with Gasteiger partial charge in [0.05, 0.1) is 37.9 Å². The number of morpholine rings is 1. The lowest BCUT2D eigenvalue weighted by Gasteiger charge is -2.28. The quantitative estimate of drug-likeness (QED) is 0.530. The Labute approximate surface area is 171 Å². The van der Waals surface area contributed by atoms with E-state index >= 15 is 0 Å². The van der Waals surface area contributed by atoms with Crippen LogP contribution in [0.15, 0.2) is 32.5 Å².